The first-order chi connectivity index (χ1) is 7.54. The molecule has 1 saturated heterocycles. The Hall–Kier alpha value is -0.120. The molecule has 0 bridgehead atoms. The van der Waals surface area contributed by atoms with Gasteiger partial charge in [0.2, 0.25) is 0 Å². The van der Waals surface area contributed by atoms with Gasteiger partial charge in [0.1, 0.15) is 0 Å². The molecule has 0 saturated carbocycles. The number of likely N-dealkylation sites (tertiary alicyclic amines) is 1. The van der Waals surface area contributed by atoms with Crippen molar-refractivity contribution < 1.29 is 5.11 Å². The van der Waals surface area contributed by atoms with Gasteiger partial charge in [-0.1, -0.05) is 13.8 Å². The summed E-state index contributed by atoms with van der Waals surface area (Å²) in [5.74, 6) is 0.508. The van der Waals surface area contributed by atoms with E-state index >= 15 is 0 Å². The van der Waals surface area contributed by atoms with Crippen LogP contribution in [0, 0.1) is 5.92 Å². The molecule has 1 atom stereocenters. The highest BCUT2D eigenvalue weighted by atomic mass is 16.3. The minimum Gasteiger partial charge on any atom is -0.395 e. The van der Waals surface area contributed by atoms with E-state index in [1.165, 1.54) is 25.9 Å². The Kier molecular flexibility index (Phi) is 5.73. The van der Waals surface area contributed by atoms with Crippen LogP contribution in [0.3, 0.4) is 0 Å². The zero-order valence-electron chi connectivity index (χ0n) is 11.2. The molecule has 1 unspecified atom stereocenters. The van der Waals surface area contributed by atoms with E-state index in [9.17, 15) is 5.11 Å². The molecule has 1 heterocycles. The number of rotatable bonds is 5. The Labute approximate surface area is 100 Å². The van der Waals surface area contributed by atoms with E-state index in [2.05, 4.69) is 37.9 Å². The third-order valence-corrected chi connectivity index (χ3v) is 3.71. The van der Waals surface area contributed by atoms with Crippen molar-refractivity contribution in [2.75, 3.05) is 19.7 Å². The van der Waals surface area contributed by atoms with Gasteiger partial charge in [-0.2, -0.15) is 0 Å². The third kappa shape index (κ3) is 4.04. The van der Waals surface area contributed by atoms with Gasteiger partial charge in [0.05, 0.1) is 6.61 Å². The maximum atomic E-state index is 9.29. The number of hydrogen-bond acceptors (Lipinski definition) is 3. The van der Waals surface area contributed by atoms with Gasteiger partial charge in [-0.3, -0.25) is 0 Å². The van der Waals surface area contributed by atoms with E-state index in [0.717, 1.165) is 0 Å². The summed E-state index contributed by atoms with van der Waals surface area (Å²) in [6.07, 6.45) is 2.42. The van der Waals surface area contributed by atoms with Crippen LogP contribution in [0.15, 0.2) is 0 Å². The van der Waals surface area contributed by atoms with Gasteiger partial charge in [-0.25, -0.2) is 0 Å². The number of aliphatic hydroxyl groups excluding tert-OH is 1. The number of aliphatic hydroxyl groups is 1. The first-order valence-electron chi connectivity index (χ1n) is 6.65. The lowest BCUT2D eigenvalue weighted by Crippen LogP contribution is -2.50. The van der Waals surface area contributed by atoms with Gasteiger partial charge in [-0.05, 0) is 45.7 Å². The molecular weight excluding hydrogens is 200 g/mol. The summed E-state index contributed by atoms with van der Waals surface area (Å²) < 4.78 is 0. The number of nitrogens with zero attached hydrogens (tertiary/aromatic N) is 1. The van der Waals surface area contributed by atoms with Gasteiger partial charge in [-0.15, -0.1) is 0 Å². The Bertz CT molecular complexity index is 186. The lowest BCUT2D eigenvalue weighted by molar-refractivity contribution is 0.136. The minimum absolute atomic E-state index is 0.252. The Morgan fingerprint density at radius 2 is 1.75 bits per heavy atom. The second-order valence-corrected chi connectivity index (χ2v) is 5.60. The monoisotopic (exact) mass is 228 g/mol. The van der Waals surface area contributed by atoms with Crippen LogP contribution in [0.1, 0.15) is 40.5 Å². The molecule has 0 aromatic rings. The summed E-state index contributed by atoms with van der Waals surface area (Å²) in [5.41, 5.74) is 0. The zero-order chi connectivity index (χ0) is 12.1. The molecule has 96 valence electrons. The summed E-state index contributed by atoms with van der Waals surface area (Å²) in [6.45, 7) is 11.5. The van der Waals surface area contributed by atoms with Crippen molar-refractivity contribution in [2.45, 2.75) is 58.7 Å². The minimum atomic E-state index is 0.252. The maximum Gasteiger partial charge on any atom is 0.0587 e. The third-order valence-electron chi connectivity index (χ3n) is 3.71. The summed E-state index contributed by atoms with van der Waals surface area (Å²) in [4.78, 5) is 2.53. The van der Waals surface area contributed by atoms with E-state index in [1.54, 1.807) is 0 Å². The number of hydrogen-bond donors (Lipinski definition) is 2. The predicted octanol–water partition coefficient (Wildman–Crippen LogP) is 1.47. The molecule has 3 nitrogen and oxygen atoms in total. The zero-order valence-corrected chi connectivity index (χ0v) is 11.2. The van der Waals surface area contributed by atoms with Gasteiger partial charge in [0, 0.05) is 18.1 Å². The molecule has 1 fully saturated rings. The van der Waals surface area contributed by atoms with Crippen molar-refractivity contribution in [2.24, 2.45) is 5.92 Å². The fraction of sp³-hybridized carbons (Fsp3) is 1.00. The first kappa shape index (κ1) is 13.9. The topological polar surface area (TPSA) is 35.5 Å². The first-order valence-corrected chi connectivity index (χ1v) is 6.65. The SMILES string of the molecule is CC(C)C(CO)NC1CCN(C(C)C)CC1. The summed E-state index contributed by atoms with van der Waals surface area (Å²) in [5, 5.41) is 12.9. The van der Waals surface area contributed by atoms with Crippen molar-refractivity contribution in [3.63, 3.8) is 0 Å². The average Bonchev–Trinajstić information content (AvgIpc) is 2.26. The number of piperidine rings is 1. The van der Waals surface area contributed by atoms with Crippen LogP contribution in [0.5, 0.6) is 0 Å². The quantitative estimate of drug-likeness (QED) is 0.748. The highest BCUT2D eigenvalue weighted by Gasteiger charge is 2.23. The van der Waals surface area contributed by atoms with Crippen LogP contribution in [0.4, 0.5) is 0 Å². The van der Waals surface area contributed by atoms with Crippen LogP contribution >= 0.6 is 0 Å². The maximum absolute atomic E-state index is 9.29. The summed E-state index contributed by atoms with van der Waals surface area (Å²) >= 11 is 0. The molecule has 1 aliphatic heterocycles. The van der Waals surface area contributed by atoms with Crippen molar-refractivity contribution in [3.8, 4) is 0 Å². The van der Waals surface area contributed by atoms with E-state index in [0.29, 0.717) is 18.0 Å². The summed E-state index contributed by atoms with van der Waals surface area (Å²) in [7, 11) is 0. The fourth-order valence-electron chi connectivity index (χ4n) is 2.34. The lowest BCUT2D eigenvalue weighted by Gasteiger charge is -2.37. The largest absolute Gasteiger partial charge is 0.395 e. The van der Waals surface area contributed by atoms with Crippen LogP contribution in [0.2, 0.25) is 0 Å². The van der Waals surface area contributed by atoms with Gasteiger partial charge >= 0.3 is 0 Å². The van der Waals surface area contributed by atoms with Crippen molar-refractivity contribution in [3.05, 3.63) is 0 Å². The van der Waals surface area contributed by atoms with Crippen molar-refractivity contribution in [1.29, 1.82) is 0 Å². The molecule has 0 spiro atoms. The van der Waals surface area contributed by atoms with E-state index in [1.807, 2.05) is 0 Å². The van der Waals surface area contributed by atoms with Crippen LogP contribution in [-0.2, 0) is 0 Å². The molecule has 16 heavy (non-hydrogen) atoms. The highest BCUT2D eigenvalue weighted by Crippen LogP contribution is 2.14. The lowest BCUT2D eigenvalue weighted by atomic mass is 9.99. The smallest absolute Gasteiger partial charge is 0.0587 e. The standard InChI is InChI=1S/C13H28N2O/c1-10(2)13(9-16)14-12-5-7-15(8-6-12)11(3)4/h10-14,16H,5-9H2,1-4H3. The second-order valence-electron chi connectivity index (χ2n) is 5.60. The Balaban J connectivity index is 2.31. The van der Waals surface area contributed by atoms with Gasteiger partial charge in [0.25, 0.3) is 0 Å². The molecular formula is C13H28N2O. The average molecular weight is 228 g/mol. The highest BCUT2D eigenvalue weighted by molar-refractivity contribution is 4.82. The Morgan fingerprint density at radius 3 is 2.12 bits per heavy atom. The van der Waals surface area contributed by atoms with Crippen LogP contribution < -0.4 is 5.32 Å². The van der Waals surface area contributed by atoms with E-state index in [4.69, 9.17) is 0 Å². The molecule has 0 radical (unpaired) electrons. The fourth-order valence-corrected chi connectivity index (χ4v) is 2.34. The molecule has 3 heteroatoms. The molecule has 0 aliphatic carbocycles. The normalized spacial score (nSPS) is 21.9. The second kappa shape index (κ2) is 6.58. The number of nitrogens with one attached hydrogen (secondary N) is 1. The predicted molar refractivity (Wildman–Crippen MR) is 68.6 cm³/mol. The van der Waals surface area contributed by atoms with Crippen LogP contribution in [0.25, 0.3) is 0 Å². The van der Waals surface area contributed by atoms with Gasteiger partial charge in [0.15, 0.2) is 0 Å². The molecule has 0 aromatic heterocycles. The summed E-state index contributed by atoms with van der Waals surface area (Å²) in [6, 6.07) is 1.52. The van der Waals surface area contributed by atoms with E-state index in [-0.39, 0.29) is 12.6 Å². The molecule has 2 N–H and O–H groups in total. The molecule has 1 rings (SSSR count). The molecule has 0 aromatic carbocycles. The van der Waals surface area contributed by atoms with E-state index < -0.39 is 0 Å². The Morgan fingerprint density at radius 1 is 1.19 bits per heavy atom. The van der Waals surface area contributed by atoms with Crippen molar-refractivity contribution in [1.82, 2.24) is 10.2 Å². The van der Waals surface area contributed by atoms with Gasteiger partial charge < -0.3 is 15.3 Å². The molecule has 1 aliphatic rings. The van der Waals surface area contributed by atoms with Crippen molar-refractivity contribution >= 4 is 0 Å². The van der Waals surface area contributed by atoms with Crippen LogP contribution in [-0.4, -0.2) is 47.8 Å². The molecule has 0 amide bonds.